The van der Waals surface area contributed by atoms with E-state index < -0.39 is 0 Å². The Morgan fingerprint density at radius 3 is 1.28 bits per heavy atom. The minimum Gasteiger partial charge on any atom is -0.507 e. The van der Waals surface area contributed by atoms with Gasteiger partial charge in [0.15, 0.2) is 0 Å². The number of H-pyrrole nitrogens is 2. The topological polar surface area (TPSA) is 124 Å². The normalized spacial score (nSPS) is 10.8. The SMILES string of the molecule is Oc1ccc2n[nH]nc2c1-c1ccccc1.Oc1ccc2n[nH]nc2c1-c1ccccc1. The van der Waals surface area contributed by atoms with E-state index in [0.29, 0.717) is 22.2 Å². The summed E-state index contributed by atoms with van der Waals surface area (Å²) in [5.74, 6) is 0.431. The molecule has 0 aliphatic carbocycles. The van der Waals surface area contributed by atoms with Gasteiger partial charge in [0.1, 0.15) is 33.6 Å². The molecule has 2 heterocycles. The second-order valence-corrected chi connectivity index (χ2v) is 7.03. The molecule has 4 aromatic carbocycles. The van der Waals surface area contributed by atoms with Gasteiger partial charge in [-0.1, -0.05) is 60.7 Å². The summed E-state index contributed by atoms with van der Waals surface area (Å²) in [7, 11) is 0. The van der Waals surface area contributed by atoms with Crippen LogP contribution in [0.3, 0.4) is 0 Å². The summed E-state index contributed by atoms with van der Waals surface area (Å²) in [6.07, 6.45) is 0. The van der Waals surface area contributed by atoms with Crippen molar-refractivity contribution < 1.29 is 10.2 Å². The summed E-state index contributed by atoms with van der Waals surface area (Å²) in [5.41, 5.74) is 6.16. The molecule has 2 aromatic heterocycles. The maximum atomic E-state index is 9.90. The second kappa shape index (κ2) is 8.19. The molecule has 8 heteroatoms. The first-order valence-electron chi connectivity index (χ1n) is 9.88. The van der Waals surface area contributed by atoms with Crippen LogP contribution in [-0.4, -0.2) is 41.0 Å². The van der Waals surface area contributed by atoms with Gasteiger partial charge in [-0.15, -0.1) is 0 Å². The van der Waals surface area contributed by atoms with E-state index in [1.807, 2.05) is 60.7 Å². The maximum absolute atomic E-state index is 9.90. The van der Waals surface area contributed by atoms with E-state index in [2.05, 4.69) is 30.8 Å². The monoisotopic (exact) mass is 422 g/mol. The van der Waals surface area contributed by atoms with Gasteiger partial charge in [0.05, 0.1) is 11.1 Å². The van der Waals surface area contributed by atoms with Crippen molar-refractivity contribution in [3.05, 3.63) is 84.9 Å². The van der Waals surface area contributed by atoms with E-state index in [0.717, 1.165) is 22.2 Å². The highest BCUT2D eigenvalue weighted by atomic mass is 16.3. The van der Waals surface area contributed by atoms with Crippen LogP contribution in [0.5, 0.6) is 11.5 Å². The van der Waals surface area contributed by atoms with Crippen molar-refractivity contribution in [3.63, 3.8) is 0 Å². The number of hydrogen-bond acceptors (Lipinski definition) is 6. The second-order valence-electron chi connectivity index (χ2n) is 7.03. The smallest absolute Gasteiger partial charge is 0.125 e. The minimum atomic E-state index is 0.215. The van der Waals surface area contributed by atoms with E-state index in [1.165, 1.54) is 0 Å². The van der Waals surface area contributed by atoms with Gasteiger partial charge in [-0.05, 0) is 35.4 Å². The highest BCUT2D eigenvalue weighted by Gasteiger charge is 2.12. The third kappa shape index (κ3) is 3.50. The van der Waals surface area contributed by atoms with Crippen LogP contribution in [0, 0.1) is 0 Å². The van der Waals surface area contributed by atoms with Gasteiger partial charge in [-0.25, -0.2) is 0 Å². The third-order valence-corrected chi connectivity index (χ3v) is 5.06. The third-order valence-electron chi connectivity index (χ3n) is 5.06. The predicted molar refractivity (Wildman–Crippen MR) is 122 cm³/mol. The largest absolute Gasteiger partial charge is 0.507 e. The van der Waals surface area contributed by atoms with Crippen LogP contribution < -0.4 is 0 Å². The fourth-order valence-corrected chi connectivity index (χ4v) is 3.58. The molecule has 8 nitrogen and oxygen atoms in total. The molecule has 0 amide bonds. The summed E-state index contributed by atoms with van der Waals surface area (Å²) in [6, 6.07) is 26.0. The number of fused-ring (bicyclic) bond motifs is 2. The van der Waals surface area contributed by atoms with E-state index in [-0.39, 0.29) is 11.5 Å². The van der Waals surface area contributed by atoms with Crippen molar-refractivity contribution >= 4 is 22.1 Å². The van der Waals surface area contributed by atoms with Gasteiger partial charge in [-0.2, -0.15) is 30.8 Å². The summed E-state index contributed by atoms with van der Waals surface area (Å²) in [5, 5.41) is 41.0. The number of rotatable bonds is 2. The molecule has 6 rings (SSSR count). The lowest BCUT2D eigenvalue weighted by molar-refractivity contribution is 0.477. The highest BCUT2D eigenvalue weighted by Crippen LogP contribution is 2.35. The molecule has 0 saturated heterocycles. The molecule has 0 radical (unpaired) electrons. The molecule has 0 atom stereocenters. The predicted octanol–water partition coefficient (Wildman–Crippen LogP) is 4.66. The Morgan fingerprint density at radius 2 is 0.875 bits per heavy atom. The Kier molecular flexibility index (Phi) is 4.93. The van der Waals surface area contributed by atoms with Crippen LogP contribution in [0.15, 0.2) is 84.9 Å². The van der Waals surface area contributed by atoms with E-state index in [4.69, 9.17) is 0 Å². The van der Waals surface area contributed by atoms with E-state index >= 15 is 0 Å². The summed E-state index contributed by atoms with van der Waals surface area (Å²) in [6.45, 7) is 0. The van der Waals surface area contributed by atoms with Crippen molar-refractivity contribution in [2.45, 2.75) is 0 Å². The van der Waals surface area contributed by atoms with Crippen molar-refractivity contribution in [2.24, 2.45) is 0 Å². The van der Waals surface area contributed by atoms with Crippen LogP contribution in [0.4, 0.5) is 0 Å². The number of nitrogens with one attached hydrogen (secondary N) is 2. The van der Waals surface area contributed by atoms with Crippen LogP contribution >= 0.6 is 0 Å². The Balaban J connectivity index is 0.000000135. The van der Waals surface area contributed by atoms with E-state index in [1.54, 1.807) is 24.3 Å². The van der Waals surface area contributed by atoms with Crippen molar-refractivity contribution in [2.75, 3.05) is 0 Å². The number of nitrogens with zero attached hydrogens (tertiary/aromatic N) is 4. The molecule has 6 aromatic rings. The molecule has 0 aliphatic rings. The fourth-order valence-electron chi connectivity index (χ4n) is 3.58. The van der Waals surface area contributed by atoms with Crippen molar-refractivity contribution in [1.82, 2.24) is 30.8 Å². The number of phenolic OH excluding ortho intramolecular Hbond substituents is 2. The number of aromatic nitrogens is 6. The number of benzene rings is 4. The van der Waals surface area contributed by atoms with Crippen molar-refractivity contribution in [1.29, 1.82) is 0 Å². The molecule has 0 fully saturated rings. The summed E-state index contributed by atoms with van der Waals surface area (Å²) >= 11 is 0. The van der Waals surface area contributed by atoms with Gasteiger partial charge in [0, 0.05) is 0 Å². The van der Waals surface area contributed by atoms with Gasteiger partial charge in [0.25, 0.3) is 0 Å². The molecular formula is C24H18N6O2. The average Bonchev–Trinajstić information content (AvgIpc) is 3.50. The zero-order valence-corrected chi connectivity index (χ0v) is 16.8. The molecule has 32 heavy (non-hydrogen) atoms. The average molecular weight is 422 g/mol. The Morgan fingerprint density at radius 1 is 0.469 bits per heavy atom. The first-order chi connectivity index (χ1) is 15.7. The Labute approximate surface area is 182 Å². The lowest BCUT2D eigenvalue weighted by atomic mass is 10.0. The van der Waals surface area contributed by atoms with Crippen molar-refractivity contribution in [3.8, 4) is 33.8 Å². The van der Waals surface area contributed by atoms with Gasteiger partial charge in [0.2, 0.25) is 0 Å². The quantitative estimate of drug-likeness (QED) is 0.322. The van der Waals surface area contributed by atoms with Crippen LogP contribution in [0.1, 0.15) is 0 Å². The van der Waals surface area contributed by atoms with Crippen LogP contribution in [0.25, 0.3) is 44.3 Å². The number of hydrogen-bond donors (Lipinski definition) is 4. The number of aromatic amines is 2. The molecule has 0 unspecified atom stereocenters. The zero-order valence-electron chi connectivity index (χ0n) is 16.8. The van der Waals surface area contributed by atoms with E-state index in [9.17, 15) is 10.2 Å². The molecule has 0 saturated carbocycles. The Hall–Kier alpha value is -4.72. The van der Waals surface area contributed by atoms with Gasteiger partial charge in [-0.3, -0.25) is 0 Å². The van der Waals surface area contributed by atoms with Crippen LogP contribution in [-0.2, 0) is 0 Å². The summed E-state index contributed by atoms with van der Waals surface area (Å²) < 4.78 is 0. The number of phenols is 2. The van der Waals surface area contributed by atoms with Gasteiger partial charge >= 0.3 is 0 Å². The first-order valence-corrected chi connectivity index (χ1v) is 9.88. The maximum Gasteiger partial charge on any atom is 0.125 e. The van der Waals surface area contributed by atoms with Crippen LogP contribution in [0.2, 0.25) is 0 Å². The molecule has 0 spiro atoms. The van der Waals surface area contributed by atoms with Gasteiger partial charge < -0.3 is 10.2 Å². The summed E-state index contributed by atoms with van der Waals surface area (Å²) in [4.78, 5) is 0. The lowest BCUT2D eigenvalue weighted by Crippen LogP contribution is -1.81. The molecule has 156 valence electrons. The first kappa shape index (κ1) is 19.3. The fraction of sp³-hybridized carbons (Fsp3) is 0. The molecule has 0 aliphatic heterocycles. The lowest BCUT2D eigenvalue weighted by Gasteiger charge is -2.04. The molecule has 0 bridgehead atoms. The minimum absolute atomic E-state index is 0.215. The molecular weight excluding hydrogens is 404 g/mol. The standard InChI is InChI=1S/2C12H9N3O/c2*16-10-7-6-9-12(14-15-13-9)11(10)8-4-2-1-3-5-8/h2*1-7,16H,(H,13,14,15). The molecule has 4 N–H and O–H groups in total. The zero-order chi connectivity index (χ0) is 21.9. The Bertz CT molecular complexity index is 1380. The highest BCUT2D eigenvalue weighted by molar-refractivity contribution is 5.95. The number of aromatic hydroxyl groups is 2.